The van der Waals surface area contributed by atoms with Crippen molar-refractivity contribution in [3.63, 3.8) is 0 Å². The second-order valence-electron chi connectivity index (χ2n) is 4.17. The van der Waals surface area contributed by atoms with Crippen LogP contribution in [0.4, 0.5) is 4.79 Å². The predicted molar refractivity (Wildman–Crippen MR) is 69.8 cm³/mol. The molecule has 2 atom stereocenters. The van der Waals surface area contributed by atoms with E-state index in [2.05, 4.69) is 4.74 Å². The molecule has 0 saturated carbocycles. The number of likely N-dealkylation sites (N-methyl/N-ethyl adjacent to an activating group) is 1. The van der Waals surface area contributed by atoms with Crippen LogP contribution < -0.4 is 0 Å². The van der Waals surface area contributed by atoms with Gasteiger partial charge in [-0.15, -0.1) is 11.8 Å². The number of urea groups is 1. The number of rotatable bonds is 4. The van der Waals surface area contributed by atoms with Crippen LogP contribution in [0, 0.1) is 0 Å². The van der Waals surface area contributed by atoms with Crippen LogP contribution in [0.5, 0.6) is 0 Å². The summed E-state index contributed by atoms with van der Waals surface area (Å²) in [5.41, 5.74) is 0. The summed E-state index contributed by atoms with van der Waals surface area (Å²) in [6, 6.07) is -1.31. The molecule has 1 heterocycles. The van der Waals surface area contributed by atoms with Crippen LogP contribution in [0.25, 0.3) is 0 Å². The van der Waals surface area contributed by atoms with Gasteiger partial charge in [-0.2, -0.15) is 0 Å². The molecule has 1 saturated heterocycles. The molecule has 0 aromatic carbocycles. The minimum Gasteiger partial charge on any atom is -0.480 e. The number of amides is 2. The van der Waals surface area contributed by atoms with E-state index in [-0.39, 0.29) is 11.9 Å². The zero-order chi connectivity index (χ0) is 14.6. The van der Waals surface area contributed by atoms with E-state index >= 15 is 0 Å². The predicted octanol–water partition coefficient (Wildman–Crippen LogP) is 0.449. The summed E-state index contributed by atoms with van der Waals surface area (Å²) in [4.78, 5) is 37.1. The lowest BCUT2D eigenvalue weighted by atomic mass is 10.2. The van der Waals surface area contributed by atoms with Crippen molar-refractivity contribution in [3.05, 3.63) is 0 Å². The lowest BCUT2D eigenvalue weighted by Gasteiger charge is -2.30. The smallest absolute Gasteiger partial charge is 0.327 e. The summed E-state index contributed by atoms with van der Waals surface area (Å²) in [5.74, 6) is -1.20. The van der Waals surface area contributed by atoms with E-state index in [1.54, 1.807) is 0 Å². The molecule has 1 aliphatic rings. The van der Waals surface area contributed by atoms with Gasteiger partial charge in [0, 0.05) is 12.8 Å². The first kappa shape index (κ1) is 15.6. The maximum absolute atomic E-state index is 12.2. The minimum absolute atomic E-state index is 0.173. The summed E-state index contributed by atoms with van der Waals surface area (Å²) in [7, 11) is 2.69. The van der Waals surface area contributed by atoms with Crippen molar-refractivity contribution in [1.82, 2.24) is 9.80 Å². The summed E-state index contributed by atoms with van der Waals surface area (Å²) in [6.45, 7) is 1.70. The number of carboxylic acids is 1. The molecule has 0 aromatic rings. The van der Waals surface area contributed by atoms with Gasteiger partial charge in [0.25, 0.3) is 0 Å². The number of carbonyl (C=O) groups is 3. The highest BCUT2D eigenvalue weighted by Gasteiger charge is 2.42. The molecular formula is C11H18N2O5S. The fourth-order valence-electron chi connectivity index (χ4n) is 1.85. The van der Waals surface area contributed by atoms with E-state index in [0.29, 0.717) is 12.2 Å². The number of hydrogen-bond acceptors (Lipinski definition) is 5. The second kappa shape index (κ2) is 6.65. The molecule has 0 bridgehead atoms. The Morgan fingerprint density at radius 2 is 2.11 bits per heavy atom. The summed E-state index contributed by atoms with van der Waals surface area (Å²) >= 11 is 1.44. The molecule has 0 radical (unpaired) electrons. The van der Waals surface area contributed by atoms with Crippen molar-refractivity contribution in [1.29, 1.82) is 0 Å². The van der Waals surface area contributed by atoms with Crippen LogP contribution in [0.2, 0.25) is 0 Å². The third-order valence-corrected chi connectivity index (χ3v) is 4.32. The van der Waals surface area contributed by atoms with E-state index in [1.807, 2.05) is 6.92 Å². The van der Waals surface area contributed by atoms with E-state index in [1.165, 1.54) is 35.7 Å². The number of ether oxygens (including phenoxy) is 1. The average molecular weight is 290 g/mol. The molecule has 0 spiro atoms. The number of hydrogen-bond donors (Lipinski definition) is 1. The van der Waals surface area contributed by atoms with Gasteiger partial charge in [0.2, 0.25) is 0 Å². The van der Waals surface area contributed by atoms with Crippen LogP contribution in [0.3, 0.4) is 0 Å². The molecule has 8 heteroatoms. The fraction of sp³-hybridized carbons (Fsp3) is 0.727. The Morgan fingerprint density at radius 1 is 1.47 bits per heavy atom. The highest BCUT2D eigenvalue weighted by molar-refractivity contribution is 8.00. The van der Waals surface area contributed by atoms with Crippen molar-refractivity contribution >= 4 is 29.7 Å². The van der Waals surface area contributed by atoms with Gasteiger partial charge in [-0.3, -0.25) is 9.69 Å². The van der Waals surface area contributed by atoms with Crippen LogP contribution in [-0.2, 0) is 14.3 Å². The van der Waals surface area contributed by atoms with Gasteiger partial charge in [0.05, 0.1) is 12.5 Å². The highest BCUT2D eigenvalue weighted by Crippen LogP contribution is 2.32. The standard InChI is InChI=1S/C11H18N2O5S/c1-4-8-13(7(6-19-8)10(15)16)11(17)12(2)5-9(14)18-3/h7-8H,4-6H2,1-3H3,(H,15,16). The Labute approximate surface area is 115 Å². The highest BCUT2D eigenvalue weighted by atomic mass is 32.2. The summed E-state index contributed by atoms with van der Waals surface area (Å²) in [5, 5.41) is 8.97. The van der Waals surface area contributed by atoms with Crippen molar-refractivity contribution in [2.45, 2.75) is 24.8 Å². The van der Waals surface area contributed by atoms with Crippen molar-refractivity contribution in [2.24, 2.45) is 0 Å². The molecule has 1 N–H and O–H groups in total. The molecule has 1 fully saturated rings. The van der Waals surface area contributed by atoms with E-state index in [0.717, 1.165) is 0 Å². The van der Waals surface area contributed by atoms with Gasteiger partial charge in [0.1, 0.15) is 12.6 Å². The Kier molecular flexibility index (Phi) is 5.46. The lowest BCUT2D eigenvalue weighted by molar-refractivity contribution is -0.141. The molecule has 19 heavy (non-hydrogen) atoms. The SMILES string of the molecule is CCC1SCC(C(=O)O)N1C(=O)N(C)CC(=O)OC. The third kappa shape index (κ3) is 3.52. The number of thioether (sulfide) groups is 1. The van der Waals surface area contributed by atoms with Crippen LogP contribution >= 0.6 is 11.8 Å². The van der Waals surface area contributed by atoms with Crippen LogP contribution in [0.1, 0.15) is 13.3 Å². The molecule has 0 aromatic heterocycles. The molecule has 108 valence electrons. The monoisotopic (exact) mass is 290 g/mol. The molecule has 2 amide bonds. The summed E-state index contributed by atoms with van der Waals surface area (Å²) < 4.78 is 4.49. The lowest BCUT2D eigenvalue weighted by Crippen LogP contribution is -2.51. The molecule has 7 nitrogen and oxygen atoms in total. The minimum atomic E-state index is -1.02. The third-order valence-electron chi connectivity index (χ3n) is 2.87. The summed E-state index contributed by atoms with van der Waals surface area (Å²) in [6.07, 6.45) is 0.659. The first-order chi connectivity index (χ1) is 8.92. The van der Waals surface area contributed by atoms with E-state index < -0.39 is 24.0 Å². The number of aliphatic carboxylic acids is 1. The number of esters is 1. The largest absolute Gasteiger partial charge is 0.480 e. The molecular weight excluding hydrogens is 272 g/mol. The van der Waals surface area contributed by atoms with Crippen molar-refractivity contribution < 1.29 is 24.2 Å². The first-order valence-corrected chi connectivity index (χ1v) is 6.91. The zero-order valence-corrected chi connectivity index (χ0v) is 12.0. The van der Waals surface area contributed by atoms with E-state index in [4.69, 9.17) is 5.11 Å². The second-order valence-corrected chi connectivity index (χ2v) is 5.38. The Balaban J connectivity index is 2.80. The number of methoxy groups -OCH3 is 1. The van der Waals surface area contributed by atoms with Gasteiger partial charge in [0.15, 0.2) is 0 Å². The van der Waals surface area contributed by atoms with Crippen molar-refractivity contribution in [2.75, 3.05) is 26.5 Å². The fourth-order valence-corrected chi connectivity index (χ4v) is 3.19. The van der Waals surface area contributed by atoms with E-state index in [9.17, 15) is 14.4 Å². The molecule has 2 unspecified atom stereocenters. The maximum atomic E-state index is 12.2. The van der Waals surface area contributed by atoms with Gasteiger partial charge < -0.3 is 14.7 Å². The Bertz CT molecular complexity index is 376. The number of carboxylic acid groups (broad SMARTS) is 1. The van der Waals surface area contributed by atoms with Crippen LogP contribution in [-0.4, -0.2) is 70.7 Å². The molecule has 1 rings (SSSR count). The average Bonchev–Trinajstić information content (AvgIpc) is 2.81. The van der Waals surface area contributed by atoms with Gasteiger partial charge in [-0.05, 0) is 6.42 Å². The maximum Gasteiger partial charge on any atom is 0.327 e. The molecule has 1 aliphatic heterocycles. The zero-order valence-electron chi connectivity index (χ0n) is 11.2. The number of nitrogens with zero attached hydrogens (tertiary/aromatic N) is 2. The van der Waals surface area contributed by atoms with Gasteiger partial charge in [-0.25, -0.2) is 9.59 Å². The Hall–Kier alpha value is -1.44. The van der Waals surface area contributed by atoms with Crippen molar-refractivity contribution in [3.8, 4) is 0 Å². The number of carbonyl (C=O) groups excluding carboxylic acids is 2. The van der Waals surface area contributed by atoms with Crippen LogP contribution in [0.15, 0.2) is 0 Å². The first-order valence-electron chi connectivity index (χ1n) is 5.87. The van der Waals surface area contributed by atoms with Gasteiger partial charge in [-0.1, -0.05) is 6.92 Å². The normalized spacial score (nSPS) is 22.2. The topological polar surface area (TPSA) is 87.2 Å². The quantitative estimate of drug-likeness (QED) is 0.756. The Morgan fingerprint density at radius 3 is 2.58 bits per heavy atom. The van der Waals surface area contributed by atoms with Gasteiger partial charge >= 0.3 is 18.0 Å². The molecule has 0 aliphatic carbocycles.